The number of sulfonamides is 1. The van der Waals surface area contributed by atoms with Crippen LogP contribution in [-0.2, 0) is 20.6 Å². The van der Waals surface area contributed by atoms with Crippen LogP contribution in [0.25, 0.3) is 0 Å². The molecule has 0 saturated carbocycles. The molecule has 9 heteroatoms. The van der Waals surface area contributed by atoms with Crippen LogP contribution >= 0.6 is 0 Å². The van der Waals surface area contributed by atoms with Gasteiger partial charge in [-0.25, -0.2) is 8.42 Å². The maximum absolute atomic E-state index is 13.1. The summed E-state index contributed by atoms with van der Waals surface area (Å²) >= 11 is 0. The van der Waals surface area contributed by atoms with Gasteiger partial charge in [-0.2, -0.15) is 4.31 Å². The lowest BCUT2D eigenvalue weighted by molar-refractivity contribution is -0.138. The van der Waals surface area contributed by atoms with E-state index in [1.54, 1.807) is 34.1 Å². The minimum Gasteiger partial charge on any atom is -0.459 e. The molecule has 2 fully saturated rings. The molecule has 2 aliphatic rings. The lowest BCUT2D eigenvalue weighted by Gasteiger charge is -2.38. The topological polar surface area (TPSA) is 91.1 Å². The average Bonchev–Trinajstić information content (AvgIpc) is 3.34. The molecule has 0 N–H and O–H groups in total. The van der Waals surface area contributed by atoms with Crippen LogP contribution in [-0.4, -0.2) is 73.6 Å². The number of likely N-dealkylation sites (tertiary alicyclic amines) is 1. The highest BCUT2D eigenvalue weighted by molar-refractivity contribution is 7.88. The third-order valence-corrected chi connectivity index (χ3v) is 7.78. The molecule has 1 aromatic heterocycles. The van der Waals surface area contributed by atoms with Crippen LogP contribution in [0.2, 0.25) is 0 Å². The minimum atomic E-state index is -3.42. The van der Waals surface area contributed by atoms with Gasteiger partial charge in [0, 0.05) is 39.3 Å². The molecule has 2 aliphatic heterocycles. The number of piperazine rings is 1. The SMILES string of the molecule is O=C(c1ccco1)N1CCC[C@H](C(=O)N2CCN(S(=O)(=O)Cc3ccccc3)CC2)C1. The quantitative estimate of drug-likeness (QED) is 0.700. The molecule has 0 aliphatic carbocycles. The molecular weight excluding hydrogens is 418 g/mol. The van der Waals surface area contributed by atoms with Crippen LogP contribution in [0.15, 0.2) is 53.1 Å². The molecule has 0 bridgehead atoms. The molecule has 0 unspecified atom stereocenters. The highest BCUT2D eigenvalue weighted by Crippen LogP contribution is 2.22. The smallest absolute Gasteiger partial charge is 0.289 e. The fraction of sp³-hybridized carbons (Fsp3) is 0.455. The molecule has 2 aromatic rings. The van der Waals surface area contributed by atoms with E-state index in [4.69, 9.17) is 4.42 Å². The third kappa shape index (κ3) is 4.99. The van der Waals surface area contributed by atoms with E-state index in [-0.39, 0.29) is 29.2 Å². The van der Waals surface area contributed by atoms with Crippen molar-refractivity contribution in [3.05, 3.63) is 60.1 Å². The van der Waals surface area contributed by atoms with Gasteiger partial charge >= 0.3 is 0 Å². The Kier molecular flexibility index (Phi) is 6.43. The standard InChI is InChI=1S/C22H27N3O5S/c26-21(19-8-4-10-24(16-19)22(27)20-9-5-15-30-20)23-11-13-25(14-12-23)31(28,29)17-18-6-2-1-3-7-18/h1-3,5-7,9,15,19H,4,8,10-14,16-17H2/t19-/m0/s1. The fourth-order valence-electron chi connectivity index (χ4n) is 4.24. The van der Waals surface area contributed by atoms with E-state index >= 15 is 0 Å². The Morgan fingerprint density at radius 3 is 2.35 bits per heavy atom. The summed E-state index contributed by atoms with van der Waals surface area (Å²) < 4.78 is 32.1. The second kappa shape index (κ2) is 9.23. The van der Waals surface area contributed by atoms with E-state index in [1.807, 2.05) is 18.2 Å². The van der Waals surface area contributed by atoms with Crippen LogP contribution in [0.3, 0.4) is 0 Å². The van der Waals surface area contributed by atoms with Gasteiger partial charge < -0.3 is 14.2 Å². The Bertz CT molecular complexity index is 999. The zero-order valence-electron chi connectivity index (χ0n) is 17.4. The highest BCUT2D eigenvalue weighted by atomic mass is 32.2. The molecule has 0 spiro atoms. The maximum atomic E-state index is 13.1. The summed E-state index contributed by atoms with van der Waals surface area (Å²) in [5.74, 6) is -0.212. The Labute approximate surface area is 182 Å². The summed E-state index contributed by atoms with van der Waals surface area (Å²) in [4.78, 5) is 29.0. The Hall–Kier alpha value is -2.65. The van der Waals surface area contributed by atoms with Gasteiger partial charge in [0.1, 0.15) is 0 Å². The molecule has 3 heterocycles. The minimum absolute atomic E-state index is 0.00273. The summed E-state index contributed by atoms with van der Waals surface area (Å²) in [6.07, 6.45) is 2.95. The van der Waals surface area contributed by atoms with E-state index in [1.165, 1.54) is 10.6 Å². The van der Waals surface area contributed by atoms with Crippen molar-refractivity contribution in [1.82, 2.24) is 14.1 Å². The molecule has 2 amide bonds. The van der Waals surface area contributed by atoms with Gasteiger partial charge in [0.05, 0.1) is 17.9 Å². The predicted octanol–water partition coefficient (Wildman–Crippen LogP) is 1.81. The van der Waals surface area contributed by atoms with Gasteiger partial charge in [0.15, 0.2) is 5.76 Å². The summed E-state index contributed by atoms with van der Waals surface area (Å²) in [7, 11) is -3.42. The average molecular weight is 446 g/mol. The lowest BCUT2D eigenvalue weighted by Crippen LogP contribution is -2.54. The molecular formula is C22H27N3O5S. The fourth-order valence-corrected chi connectivity index (χ4v) is 5.76. The van der Waals surface area contributed by atoms with Crippen molar-refractivity contribution in [3.8, 4) is 0 Å². The van der Waals surface area contributed by atoms with Gasteiger partial charge in [0.2, 0.25) is 15.9 Å². The van der Waals surface area contributed by atoms with Crippen LogP contribution in [0.1, 0.15) is 29.0 Å². The van der Waals surface area contributed by atoms with E-state index in [0.717, 1.165) is 18.4 Å². The van der Waals surface area contributed by atoms with Gasteiger partial charge in [-0.05, 0) is 30.5 Å². The Morgan fingerprint density at radius 1 is 0.935 bits per heavy atom. The maximum Gasteiger partial charge on any atom is 0.289 e. The molecule has 2 saturated heterocycles. The van der Waals surface area contributed by atoms with Gasteiger partial charge in [-0.15, -0.1) is 0 Å². The van der Waals surface area contributed by atoms with Crippen molar-refractivity contribution in [3.63, 3.8) is 0 Å². The summed E-state index contributed by atoms with van der Waals surface area (Å²) in [5, 5.41) is 0. The van der Waals surface area contributed by atoms with Crippen LogP contribution < -0.4 is 0 Å². The molecule has 1 atom stereocenters. The first kappa shape index (κ1) is 21.6. The van der Waals surface area contributed by atoms with Crippen molar-refractivity contribution >= 4 is 21.8 Å². The Morgan fingerprint density at radius 2 is 1.68 bits per heavy atom. The largest absolute Gasteiger partial charge is 0.459 e. The second-order valence-corrected chi connectivity index (χ2v) is 10.0. The number of benzene rings is 1. The number of amides is 2. The van der Waals surface area contributed by atoms with Crippen LogP contribution in [0.5, 0.6) is 0 Å². The number of nitrogens with zero attached hydrogens (tertiary/aromatic N) is 3. The lowest BCUT2D eigenvalue weighted by atomic mass is 9.96. The summed E-state index contributed by atoms with van der Waals surface area (Å²) in [6, 6.07) is 12.4. The first-order chi connectivity index (χ1) is 14.9. The van der Waals surface area contributed by atoms with Gasteiger partial charge in [-0.3, -0.25) is 9.59 Å². The highest BCUT2D eigenvalue weighted by Gasteiger charge is 2.35. The van der Waals surface area contributed by atoms with E-state index in [0.29, 0.717) is 39.3 Å². The third-order valence-electron chi connectivity index (χ3n) is 5.93. The number of carbonyl (C=O) groups is 2. The van der Waals surface area contributed by atoms with Crippen molar-refractivity contribution in [2.24, 2.45) is 5.92 Å². The van der Waals surface area contributed by atoms with Gasteiger partial charge in [-0.1, -0.05) is 30.3 Å². The second-order valence-electron chi connectivity index (χ2n) is 8.03. The number of hydrogen-bond donors (Lipinski definition) is 0. The zero-order chi connectivity index (χ0) is 21.8. The monoisotopic (exact) mass is 445 g/mol. The Balaban J connectivity index is 1.32. The number of piperidine rings is 1. The molecule has 0 radical (unpaired) electrons. The normalized spacial score (nSPS) is 20.6. The van der Waals surface area contributed by atoms with Gasteiger partial charge in [0.25, 0.3) is 5.91 Å². The first-order valence-electron chi connectivity index (χ1n) is 10.6. The van der Waals surface area contributed by atoms with Crippen molar-refractivity contribution in [1.29, 1.82) is 0 Å². The number of furan rings is 1. The number of hydrogen-bond acceptors (Lipinski definition) is 5. The molecule has 4 rings (SSSR count). The van der Waals surface area contributed by atoms with E-state index in [2.05, 4.69) is 0 Å². The zero-order valence-corrected chi connectivity index (χ0v) is 18.2. The summed E-state index contributed by atoms with van der Waals surface area (Å²) in [6.45, 7) is 2.30. The number of rotatable bonds is 5. The predicted molar refractivity (Wildman–Crippen MR) is 115 cm³/mol. The van der Waals surface area contributed by atoms with Crippen molar-refractivity contribution in [2.75, 3.05) is 39.3 Å². The molecule has 1 aromatic carbocycles. The van der Waals surface area contributed by atoms with Crippen molar-refractivity contribution in [2.45, 2.75) is 18.6 Å². The summed E-state index contributed by atoms with van der Waals surface area (Å²) in [5.41, 5.74) is 0.754. The first-order valence-corrected chi connectivity index (χ1v) is 12.2. The van der Waals surface area contributed by atoms with Crippen LogP contribution in [0.4, 0.5) is 0 Å². The van der Waals surface area contributed by atoms with Crippen molar-refractivity contribution < 1.29 is 22.4 Å². The van der Waals surface area contributed by atoms with E-state index in [9.17, 15) is 18.0 Å². The molecule has 166 valence electrons. The molecule has 31 heavy (non-hydrogen) atoms. The number of carbonyl (C=O) groups excluding carboxylic acids is 2. The van der Waals surface area contributed by atoms with E-state index < -0.39 is 10.0 Å². The van der Waals surface area contributed by atoms with Crippen LogP contribution in [0, 0.1) is 5.92 Å². The molecule has 8 nitrogen and oxygen atoms in total.